The van der Waals surface area contributed by atoms with Gasteiger partial charge in [0.1, 0.15) is 5.70 Å². The highest BCUT2D eigenvalue weighted by Crippen LogP contribution is 2.28. The van der Waals surface area contributed by atoms with E-state index in [1.807, 2.05) is 12.1 Å². The van der Waals surface area contributed by atoms with Gasteiger partial charge in [-0.1, -0.05) is 30.0 Å². The molecule has 0 spiro atoms. The number of thioether (sulfide) groups is 1. The van der Waals surface area contributed by atoms with Gasteiger partial charge in [0, 0.05) is 12.3 Å². The van der Waals surface area contributed by atoms with Crippen LogP contribution >= 0.6 is 11.8 Å². The largest absolute Gasteiger partial charge is 0.286 e. The number of fused-ring (bicyclic) bond motifs is 1. The minimum absolute atomic E-state index is 0.0462. The second-order valence-electron chi connectivity index (χ2n) is 4.89. The van der Waals surface area contributed by atoms with E-state index in [1.54, 1.807) is 16.7 Å². The minimum Gasteiger partial charge on any atom is -0.286 e. The topological polar surface area (TPSA) is 32.7 Å². The number of carbonyl (C=O) groups is 1. The van der Waals surface area contributed by atoms with Gasteiger partial charge in [-0.15, -0.1) is 0 Å². The molecule has 19 heavy (non-hydrogen) atoms. The molecule has 1 aromatic rings. The lowest BCUT2D eigenvalue weighted by Crippen LogP contribution is -2.34. The van der Waals surface area contributed by atoms with E-state index >= 15 is 0 Å². The predicted octanol–water partition coefficient (Wildman–Crippen LogP) is 2.98. The molecule has 2 heterocycles. The fraction of sp³-hybridized carbons (Fsp3) is 0.333. The molecular formula is C15H16N2OS. The number of hydrogen-bond acceptors (Lipinski definition) is 3. The Morgan fingerprint density at radius 2 is 2.05 bits per heavy atom. The monoisotopic (exact) mass is 272 g/mol. The molecule has 0 aliphatic carbocycles. The fourth-order valence-electron chi connectivity index (χ4n) is 2.42. The van der Waals surface area contributed by atoms with Gasteiger partial charge in [0.05, 0.1) is 0 Å². The van der Waals surface area contributed by atoms with Crippen molar-refractivity contribution in [3.8, 4) is 0 Å². The number of amidine groups is 1. The van der Waals surface area contributed by atoms with Gasteiger partial charge in [0.2, 0.25) is 0 Å². The normalized spacial score (nSPS) is 20.7. The molecule has 4 heteroatoms. The lowest BCUT2D eigenvalue weighted by Gasteiger charge is -2.21. The SMILES string of the molecule is Cc1cccc(C)c1C=C1N=C2SCCCN2C1=O. The Balaban J connectivity index is 2.01. The molecule has 98 valence electrons. The zero-order valence-corrected chi connectivity index (χ0v) is 12.0. The van der Waals surface area contributed by atoms with Crippen molar-refractivity contribution >= 4 is 28.9 Å². The smallest absolute Gasteiger partial charge is 0.278 e. The van der Waals surface area contributed by atoms with E-state index in [-0.39, 0.29) is 5.91 Å². The average molecular weight is 272 g/mol. The number of carbonyl (C=O) groups excluding carboxylic acids is 1. The summed E-state index contributed by atoms with van der Waals surface area (Å²) in [5.41, 5.74) is 4.04. The number of aliphatic imine (C=N–C) groups is 1. The number of hydrogen-bond donors (Lipinski definition) is 0. The van der Waals surface area contributed by atoms with Crippen LogP contribution in [0, 0.1) is 13.8 Å². The van der Waals surface area contributed by atoms with Gasteiger partial charge in [-0.25, -0.2) is 4.99 Å². The predicted molar refractivity (Wildman–Crippen MR) is 80.1 cm³/mol. The molecule has 0 bridgehead atoms. The minimum atomic E-state index is 0.0462. The van der Waals surface area contributed by atoms with Crippen molar-refractivity contribution in [3.05, 3.63) is 40.6 Å². The number of rotatable bonds is 1. The van der Waals surface area contributed by atoms with Gasteiger partial charge in [0.25, 0.3) is 5.91 Å². The summed E-state index contributed by atoms with van der Waals surface area (Å²) in [6.45, 7) is 4.93. The molecule has 1 aromatic carbocycles. The molecule has 1 saturated heterocycles. The first-order valence-electron chi connectivity index (χ1n) is 6.48. The first-order valence-corrected chi connectivity index (χ1v) is 7.46. The first kappa shape index (κ1) is 12.5. The maximum Gasteiger partial charge on any atom is 0.278 e. The van der Waals surface area contributed by atoms with Crippen molar-refractivity contribution in [2.24, 2.45) is 4.99 Å². The van der Waals surface area contributed by atoms with E-state index in [2.05, 4.69) is 31.0 Å². The highest BCUT2D eigenvalue weighted by atomic mass is 32.2. The third-order valence-corrected chi connectivity index (χ3v) is 4.55. The van der Waals surface area contributed by atoms with Crippen LogP contribution in [0.15, 0.2) is 28.9 Å². The van der Waals surface area contributed by atoms with Crippen LogP contribution in [0.5, 0.6) is 0 Å². The zero-order chi connectivity index (χ0) is 13.4. The van der Waals surface area contributed by atoms with E-state index in [9.17, 15) is 4.79 Å². The fourth-order valence-corrected chi connectivity index (χ4v) is 3.36. The molecule has 3 rings (SSSR count). The summed E-state index contributed by atoms with van der Waals surface area (Å²) in [7, 11) is 0. The molecule has 1 fully saturated rings. The van der Waals surface area contributed by atoms with E-state index in [0.29, 0.717) is 5.70 Å². The zero-order valence-electron chi connectivity index (χ0n) is 11.1. The van der Waals surface area contributed by atoms with Gasteiger partial charge in [0.15, 0.2) is 5.17 Å². The van der Waals surface area contributed by atoms with Crippen LogP contribution in [-0.4, -0.2) is 28.3 Å². The Hall–Kier alpha value is -1.55. The van der Waals surface area contributed by atoms with E-state index < -0.39 is 0 Å². The van der Waals surface area contributed by atoms with Gasteiger partial charge in [-0.2, -0.15) is 0 Å². The van der Waals surface area contributed by atoms with Gasteiger partial charge < -0.3 is 0 Å². The summed E-state index contributed by atoms with van der Waals surface area (Å²) in [4.78, 5) is 18.6. The summed E-state index contributed by atoms with van der Waals surface area (Å²) < 4.78 is 0. The highest BCUT2D eigenvalue weighted by Gasteiger charge is 2.32. The van der Waals surface area contributed by atoms with E-state index in [4.69, 9.17) is 0 Å². The molecule has 0 saturated carbocycles. The second-order valence-corrected chi connectivity index (χ2v) is 5.95. The highest BCUT2D eigenvalue weighted by molar-refractivity contribution is 8.13. The van der Waals surface area contributed by atoms with Crippen LogP contribution in [-0.2, 0) is 4.79 Å². The lowest BCUT2D eigenvalue weighted by atomic mass is 10.0. The standard InChI is InChI=1S/C15H16N2OS/c1-10-5-3-6-11(2)12(10)9-13-14(18)17-7-4-8-19-15(17)16-13/h3,5-6,9H,4,7-8H2,1-2H3. The molecule has 0 radical (unpaired) electrons. The Bertz CT molecular complexity index is 584. The molecule has 0 N–H and O–H groups in total. The maximum absolute atomic E-state index is 12.3. The summed E-state index contributed by atoms with van der Waals surface area (Å²) in [6.07, 6.45) is 2.98. The van der Waals surface area contributed by atoms with Crippen LogP contribution < -0.4 is 0 Å². The molecule has 2 aliphatic rings. The van der Waals surface area contributed by atoms with Crippen molar-refractivity contribution in [1.82, 2.24) is 4.90 Å². The van der Waals surface area contributed by atoms with Crippen LogP contribution in [0.25, 0.3) is 6.08 Å². The molecule has 3 nitrogen and oxygen atoms in total. The summed E-state index contributed by atoms with van der Waals surface area (Å²) in [6, 6.07) is 6.16. The van der Waals surface area contributed by atoms with E-state index in [1.165, 1.54) is 11.1 Å². The third kappa shape index (κ3) is 2.21. The summed E-state index contributed by atoms with van der Waals surface area (Å²) >= 11 is 1.67. The van der Waals surface area contributed by atoms with Crippen molar-refractivity contribution in [2.75, 3.05) is 12.3 Å². The quantitative estimate of drug-likeness (QED) is 0.736. The van der Waals surface area contributed by atoms with E-state index in [0.717, 1.165) is 29.4 Å². The van der Waals surface area contributed by atoms with Crippen LogP contribution in [0.4, 0.5) is 0 Å². The second kappa shape index (κ2) is 4.85. The summed E-state index contributed by atoms with van der Waals surface area (Å²) in [5, 5.41) is 0.869. The molecule has 0 aromatic heterocycles. The molecule has 0 unspecified atom stereocenters. The Morgan fingerprint density at radius 1 is 1.32 bits per heavy atom. The van der Waals surface area contributed by atoms with Gasteiger partial charge >= 0.3 is 0 Å². The van der Waals surface area contributed by atoms with Crippen LogP contribution in [0.1, 0.15) is 23.1 Å². The van der Waals surface area contributed by atoms with Crippen molar-refractivity contribution in [3.63, 3.8) is 0 Å². The molecule has 1 amide bonds. The molecule has 0 atom stereocenters. The van der Waals surface area contributed by atoms with Crippen molar-refractivity contribution < 1.29 is 4.79 Å². The number of benzene rings is 1. The van der Waals surface area contributed by atoms with Gasteiger partial charge in [-0.3, -0.25) is 9.69 Å². The van der Waals surface area contributed by atoms with Crippen LogP contribution in [0.2, 0.25) is 0 Å². The van der Waals surface area contributed by atoms with Crippen molar-refractivity contribution in [1.29, 1.82) is 0 Å². The number of aryl methyl sites for hydroxylation is 2. The van der Waals surface area contributed by atoms with Crippen LogP contribution in [0.3, 0.4) is 0 Å². The Morgan fingerprint density at radius 3 is 2.74 bits per heavy atom. The Labute approximate surface area is 117 Å². The Kier molecular flexibility index (Phi) is 3.19. The molecule has 2 aliphatic heterocycles. The molecular weight excluding hydrogens is 256 g/mol. The van der Waals surface area contributed by atoms with Gasteiger partial charge in [-0.05, 0) is 43.0 Å². The third-order valence-electron chi connectivity index (χ3n) is 3.49. The first-order chi connectivity index (χ1) is 9.16. The maximum atomic E-state index is 12.3. The number of nitrogens with zero attached hydrogens (tertiary/aromatic N) is 2. The summed E-state index contributed by atoms with van der Waals surface area (Å²) in [5.74, 6) is 1.10. The average Bonchev–Trinajstić information content (AvgIpc) is 2.72. The number of amides is 1. The van der Waals surface area contributed by atoms with Crippen molar-refractivity contribution in [2.45, 2.75) is 20.3 Å². The lowest BCUT2D eigenvalue weighted by molar-refractivity contribution is -0.122.